The highest BCUT2D eigenvalue weighted by atomic mass is 35.5. The van der Waals surface area contributed by atoms with Gasteiger partial charge in [-0.2, -0.15) is 0 Å². The molecule has 1 unspecified atom stereocenters. The number of H-pyrrole nitrogens is 1. The van der Waals surface area contributed by atoms with E-state index in [9.17, 15) is 9.18 Å². The first-order valence-electron chi connectivity index (χ1n) is 11.8. The van der Waals surface area contributed by atoms with Gasteiger partial charge in [0.1, 0.15) is 18.5 Å². The monoisotopic (exact) mass is 499 g/mol. The lowest BCUT2D eigenvalue weighted by molar-refractivity contribution is 0.0885. The summed E-state index contributed by atoms with van der Waals surface area (Å²) in [5, 5.41) is 12.3. The Morgan fingerprint density at radius 3 is 2.72 bits per heavy atom. The molecule has 0 saturated heterocycles. The van der Waals surface area contributed by atoms with Crippen LogP contribution >= 0.6 is 11.6 Å². The first kappa shape index (κ1) is 22.5. The average molecular weight is 500 g/mol. The van der Waals surface area contributed by atoms with E-state index in [4.69, 9.17) is 11.6 Å². The number of nitrogens with zero attached hydrogens (tertiary/aromatic N) is 3. The first-order chi connectivity index (χ1) is 17.4. The van der Waals surface area contributed by atoms with Gasteiger partial charge in [0.2, 0.25) is 0 Å². The quantitative estimate of drug-likeness (QED) is 0.335. The first-order valence-corrected chi connectivity index (χ1v) is 12.1. The Bertz CT molecular complexity index is 1610. The van der Waals surface area contributed by atoms with Crippen LogP contribution in [0.5, 0.6) is 0 Å². The molecule has 36 heavy (non-hydrogen) atoms. The standard InChI is InChI=1S/C28H23ClFN5O/c1-17-5-7-21-23-14-28(18-3-2-4-19(30)12-18,10-9-25(23)33-26(21)11-17)34-27(36)22-8-6-20(13-24(22)29)35-15-31-32-16-35/h2-8,11-13,15-16,33H,9-10,14H2,1H3,(H,34,36). The molecule has 0 fully saturated rings. The number of aryl methyl sites for hydroxylation is 2. The van der Waals surface area contributed by atoms with Crippen molar-refractivity contribution in [2.45, 2.75) is 31.7 Å². The summed E-state index contributed by atoms with van der Waals surface area (Å²) in [5.41, 5.74) is 5.61. The fraction of sp³-hybridized carbons (Fsp3) is 0.179. The van der Waals surface area contributed by atoms with E-state index in [0.29, 0.717) is 23.4 Å². The summed E-state index contributed by atoms with van der Waals surface area (Å²) >= 11 is 6.55. The van der Waals surface area contributed by atoms with Crippen molar-refractivity contribution in [3.8, 4) is 5.69 Å². The second kappa shape index (κ2) is 8.60. The van der Waals surface area contributed by atoms with Crippen LogP contribution in [0, 0.1) is 12.7 Å². The molecule has 1 atom stereocenters. The lowest BCUT2D eigenvalue weighted by atomic mass is 9.75. The second-order valence-electron chi connectivity index (χ2n) is 9.39. The summed E-state index contributed by atoms with van der Waals surface area (Å²) in [6, 6.07) is 18.0. The van der Waals surface area contributed by atoms with Crippen molar-refractivity contribution in [1.29, 1.82) is 0 Å². The summed E-state index contributed by atoms with van der Waals surface area (Å²) in [6.07, 6.45) is 5.01. The van der Waals surface area contributed by atoms with Crippen molar-refractivity contribution in [3.63, 3.8) is 0 Å². The lowest BCUT2D eigenvalue weighted by Crippen LogP contribution is -2.49. The van der Waals surface area contributed by atoms with Crippen molar-refractivity contribution in [2.24, 2.45) is 0 Å². The van der Waals surface area contributed by atoms with Gasteiger partial charge in [-0.05, 0) is 72.9 Å². The Morgan fingerprint density at radius 1 is 1.11 bits per heavy atom. The molecule has 180 valence electrons. The van der Waals surface area contributed by atoms with Gasteiger partial charge in [-0.1, -0.05) is 35.9 Å². The number of rotatable bonds is 4. The minimum Gasteiger partial charge on any atom is -0.358 e. The number of carbonyl (C=O) groups excluding carboxylic acids is 1. The lowest BCUT2D eigenvalue weighted by Gasteiger charge is -2.39. The van der Waals surface area contributed by atoms with Crippen LogP contribution in [0.1, 0.15) is 39.2 Å². The molecule has 1 amide bonds. The van der Waals surface area contributed by atoms with Crippen LogP contribution in [0.3, 0.4) is 0 Å². The van der Waals surface area contributed by atoms with E-state index in [-0.39, 0.29) is 11.7 Å². The number of halogens is 2. The fourth-order valence-electron chi connectivity index (χ4n) is 5.25. The van der Waals surface area contributed by atoms with Crippen LogP contribution in [0.4, 0.5) is 4.39 Å². The van der Waals surface area contributed by atoms with Crippen molar-refractivity contribution < 1.29 is 9.18 Å². The van der Waals surface area contributed by atoms with Gasteiger partial charge in [-0.3, -0.25) is 9.36 Å². The molecule has 2 N–H and O–H groups in total. The zero-order valence-corrected chi connectivity index (χ0v) is 20.3. The predicted octanol–water partition coefficient (Wildman–Crippen LogP) is 5.66. The smallest absolute Gasteiger partial charge is 0.253 e. The van der Waals surface area contributed by atoms with E-state index in [1.54, 1.807) is 41.5 Å². The molecule has 6 rings (SSSR count). The van der Waals surface area contributed by atoms with Crippen LogP contribution in [0.25, 0.3) is 16.6 Å². The van der Waals surface area contributed by atoms with Crippen molar-refractivity contribution >= 4 is 28.4 Å². The van der Waals surface area contributed by atoms with E-state index in [1.807, 2.05) is 6.07 Å². The van der Waals surface area contributed by atoms with E-state index in [2.05, 4.69) is 45.6 Å². The number of fused-ring (bicyclic) bond motifs is 3. The Balaban J connectivity index is 1.40. The maximum absolute atomic E-state index is 14.4. The molecule has 0 radical (unpaired) electrons. The summed E-state index contributed by atoms with van der Waals surface area (Å²) in [4.78, 5) is 17.2. The number of hydrogen-bond acceptors (Lipinski definition) is 3. The van der Waals surface area contributed by atoms with Crippen molar-refractivity contribution in [1.82, 2.24) is 25.1 Å². The van der Waals surface area contributed by atoms with Gasteiger partial charge in [-0.15, -0.1) is 10.2 Å². The van der Waals surface area contributed by atoms with Gasteiger partial charge >= 0.3 is 0 Å². The van der Waals surface area contributed by atoms with E-state index >= 15 is 0 Å². The maximum Gasteiger partial charge on any atom is 0.253 e. The van der Waals surface area contributed by atoms with Crippen molar-refractivity contribution in [3.05, 3.63) is 112 Å². The third kappa shape index (κ3) is 3.85. The third-order valence-corrected chi connectivity index (χ3v) is 7.39. The van der Waals surface area contributed by atoms with Gasteiger partial charge in [0.05, 0.1) is 16.1 Å². The fourth-order valence-corrected chi connectivity index (χ4v) is 5.51. The van der Waals surface area contributed by atoms with Crippen LogP contribution in [-0.2, 0) is 18.4 Å². The van der Waals surface area contributed by atoms with E-state index in [1.165, 1.54) is 17.7 Å². The van der Waals surface area contributed by atoms with Crippen LogP contribution < -0.4 is 5.32 Å². The van der Waals surface area contributed by atoms with Gasteiger partial charge < -0.3 is 10.3 Å². The molecule has 1 aliphatic carbocycles. The summed E-state index contributed by atoms with van der Waals surface area (Å²) < 4.78 is 16.1. The zero-order chi connectivity index (χ0) is 24.9. The Kier molecular flexibility index (Phi) is 5.38. The number of benzene rings is 3. The molecule has 2 heterocycles. The van der Waals surface area contributed by atoms with E-state index < -0.39 is 5.54 Å². The highest BCUT2D eigenvalue weighted by Gasteiger charge is 2.39. The van der Waals surface area contributed by atoms with E-state index in [0.717, 1.165) is 39.8 Å². The Morgan fingerprint density at radius 2 is 1.94 bits per heavy atom. The molecule has 3 aromatic carbocycles. The number of aromatic amines is 1. The number of aromatic nitrogens is 4. The van der Waals surface area contributed by atoms with Crippen molar-refractivity contribution in [2.75, 3.05) is 0 Å². The molecular weight excluding hydrogens is 477 g/mol. The number of nitrogens with one attached hydrogen (secondary N) is 2. The normalized spacial score (nSPS) is 17.2. The highest BCUT2D eigenvalue weighted by molar-refractivity contribution is 6.34. The van der Waals surface area contributed by atoms with Gasteiger partial charge in [-0.25, -0.2) is 4.39 Å². The molecule has 0 bridgehead atoms. The number of hydrogen-bond donors (Lipinski definition) is 2. The Hall–Kier alpha value is -3.97. The summed E-state index contributed by atoms with van der Waals surface area (Å²) in [6.45, 7) is 2.06. The van der Waals surface area contributed by atoms with Gasteiger partial charge in [0.15, 0.2) is 0 Å². The third-order valence-electron chi connectivity index (χ3n) is 7.07. The molecule has 8 heteroatoms. The Labute approximate surface area is 212 Å². The minimum atomic E-state index is -0.789. The largest absolute Gasteiger partial charge is 0.358 e. The number of carbonyl (C=O) groups is 1. The molecule has 5 aromatic rings. The molecule has 0 aliphatic heterocycles. The van der Waals surface area contributed by atoms with Gasteiger partial charge in [0, 0.05) is 28.7 Å². The summed E-state index contributed by atoms with van der Waals surface area (Å²) in [7, 11) is 0. The number of amides is 1. The minimum absolute atomic E-state index is 0.307. The second-order valence-corrected chi connectivity index (χ2v) is 9.79. The average Bonchev–Trinajstić information content (AvgIpc) is 3.51. The van der Waals surface area contributed by atoms with Crippen LogP contribution in [0.2, 0.25) is 5.02 Å². The highest BCUT2D eigenvalue weighted by Crippen LogP contribution is 2.40. The summed E-state index contributed by atoms with van der Waals surface area (Å²) in [5.74, 6) is -0.642. The molecule has 0 spiro atoms. The maximum atomic E-state index is 14.4. The topological polar surface area (TPSA) is 75.6 Å². The molecular formula is C28H23ClFN5O. The molecule has 1 aliphatic rings. The van der Waals surface area contributed by atoms with Crippen LogP contribution in [-0.4, -0.2) is 25.7 Å². The SMILES string of the molecule is Cc1ccc2c3c([nH]c2c1)CCC(NC(=O)c1ccc(-n2cnnc2)cc1Cl)(c1cccc(F)c1)C3. The molecule has 2 aromatic heterocycles. The zero-order valence-electron chi connectivity index (χ0n) is 19.6. The predicted molar refractivity (Wildman–Crippen MR) is 137 cm³/mol. The molecule has 6 nitrogen and oxygen atoms in total. The van der Waals surface area contributed by atoms with Crippen LogP contribution in [0.15, 0.2) is 73.3 Å². The van der Waals surface area contributed by atoms with Gasteiger partial charge in [0.25, 0.3) is 5.91 Å². The molecule has 0 saturated carbocycles.